The van der Waals surface area contributed by atoms with Gasteiger partial charge < -0.3 is 19.9 Å². The van der Waals surface area contributed by atoms with Crippen LogP contribution in [-0.2, 0) is 17.5 Å². The van der Waals surface area contributed by atoms with Crippen LogP contribution in [0.1, 0.15) is 42.9 Å². The first kappa shape index (κ1) is 24.0. The molecule has 4 rings (SSSR count). The zero-order valence-corrected chi connectivity index (χ0v) is 18.7. The number of pyridine rings is 1. The average Bonchev–Trinajstić information content (AvgIpc) is 3.41. The third-order valence-corrected chi connectivity index (χ3v) is 5.31. The molecular weight excluding hydrogens is 453 g/mol. The zero-order valence-electron chi connectivity index (χ0n) is 18.7. The van der Waals surface area contributed by atoms with Crippen LogP contribution in [0.15, 0.2) is 36.5 Å². The Morgan fingerprint density at radius 1 is 1.32 bits per heavy atom. The minimum atomic E-state index is -4.66. The zero-order chi connectivity index (χ0) is 24.5. The molecule has 1 amide bonds. The molecule has 2 aromatic heterocycles. The number of hydrogen-bond donors (Lipinski definition) is 2. The van der Waals surface area contributed by atoms with E-state index in [1.54, 1.807) is 36.9 Å². The molecule has 1 aliphatic rings. The first-order valence-electron chi connectivity index (χ1n) is 10.8. The van der Waals surface area contributed by atoms with E-state index in [9.17, 15) is 23.1 Å². The van der Waals surface area contributed by atoms with Gasteiger partial charge in [-0.15, -0.1) is 0 Å². The maximum atomic E-state index is 13.0. The lowest BCUT2D eigenvalue weighted by Crippen LogP contribution is -2.21. The quantitative estimate of drug-likeness (QED) is 0.532. The van der Waals surface area contributed by atoms with E-state index in [1.807, 2.05) is 0 Å². The maximum absolute atomic E-state index is 13.0. The summed E-state index contributed by atoms with van der Waals surface area (Å²) in [5, 5.41) is 17.8. The molecule has 1 fully saturated rings. The molecule has 0 spiro atoms. The van der Waals surface area contributed by atoms with Crippen molar-refractivity contribution in [1.29, 1.82) is 0 Å². The van der Waals surface area contributed by atoms with Crippen molar-refractivity contribution in [2.24, 2.45) is 0 Å². The van der Waals surface area contributed by atoms with Crippen molar-refractivity contribution in [3.63, 3.8) is 0 Å². The summed E-state index contributed by atoms with van der Waals surface area (Å²) in [5.74, 6) is -0.469. The Morgan fingerprint density at radius 2 is 2.12 bits per heavy atom. The fourth-order valence-electron chi connectivity index (χ4n) is 3.49. The molecule has 1 saturated heterocycles. The number of hydrogen-bond acceptors (Lipinski definition) is 6. The van der Waals surface area contributed by atoms with E-state index in [1.165, 1.54) is 6.07 Å². The van der Waals surface area contributed by atoms with Crippen LogP contribution in [0.4, 0.5) is 18.9 Å². The number of halogens is 3. The van der Waals surface area contributed by atoms with E-state index in [2.05, 4.69) is 15.4 Å². The topological polar surface area (TPSA) is 98.5 Å². The summed E-state index contributed by atoms with van der Waals surface area (Å²) in [7, 11) is 0. The number of benzene rings is 1. The SMILES string of the molecule is CC(C)(O)CCn1cc2cc(NC(=O)c3cccc(C(F)(F)F)n3)c(O[C@H]3CCOC3)cc2n1. The smallest absolute Gasteiger partial charge is 0.433 e. The van der Waals surface area contributed by atoms with Gasteiger partial charge in [-0.05, 0) is 38.5 Å². The second-order valence-electron chi connectivity index (χ2n) is 8.83. The maximum Gasteiger partial charge on any atom is 0.433 e. The largest absolute Gasteiger partial charge is 0.486 e. The molecule has 8 nitrogen and oxygen atoms in total. The Balaban J connectivity index is 1.64. The highest BCUT2D eigenvalue weighted by atomic mass is 19.4. The van der Waals surface area contributed by atoms with Gasteiger partial charge in [0.2, 0.25) is 0 Å². The highest BCUT2D eigenvalue weighted by molar-refractivity contribution is 6.05. The molecule has 2 N–H and O–H groups in total. The minimum absolute atomic E-state index is 0.225. The van der Waals surface area contributed by atoms with Crippen LogP contribution >= 0.6 is 0 Å². The number of nitrogens with zero attached hydrogens (tertiary/aromatic N) is 3. The van der Waals surface area contributed by atoms with Crippen LogP contribution in [0, 0.1) is 0 Å². The van der Waals surface area contributed by atoms with Crippen LogP contribution < -0.4 is 10.1 Å². The molecule has 1 atom stereocenters. The lowest BCUT2D eigenvalue weighted by Gasteiger charge is -2.16. The molecule has 11 heteroatoms. The van der Waals surface area contributed by atoms with Crippen molar-refractivity contribution in [1.82, 2.24) is 14.8 Å². The second-order valence-corrected chi connectivity index (χ2v) is 8.83. The number of amides is 1. The Bertz CT molecular complexity index is 1180. The molecule has 182 valence electrons. The van der Waals surface area contributed by atoms with Gasteiger partial charge in [-0.2, -0.15) is 18.3 Å². The van der Waals surface area contributed by atoms with Crippen molar-refractivity contribution >= 4 is 22.5 Å². The summed E-state index contributed by atoms with van der Waals surface area (Å²) in [6.07, 6.45) is -1.97. The monoisotopic (exact) mass is 478 g/mol. The molecular formula is C23H25F3N4O4. The van der Waals surface area contributed by atoms with Crippen LogP contribution in [0.3, 0.4) is 0 Å². The standard InChI is InChI=1S/C23H25F3N4O4/c1-22(2,32)7-8-30-12-14-10-18(19(11-17(14)29-30)34-15-6-9-33-13-15)28-21(31)16-4-3-5-20(27-16)23(24,25)26/h3-5,10-12,15,32H,6-9,13H2,1-2H3,(H,28,31)/t15-/m0/s1. The molecule has 3 heterocycles. The number of nitrogens with one attached hydrogen (secondary N) is 1. The van der Waals surface area contributed by atoms with E-state index in [0.717, 1.165) is 12.1 Å². The molecule has 34 heavy (non-hydrogen) atoms. The number of aryl methyl sites for hydroxylation is 1. The third-order valence-electron chi connectivity index (χ3n) is 5.31. The number of carbonyl (C=O) groups excluding carboxylic acids is 1. The Kier molecular flexibility index (Phi) is 6.50. The van der Waals surface area contributed by atoms with Crippen molar-refractivity contribution in [3.8, 4) is 5.75 Å². The van der Waals surface area contributed by atoms with E-state index in [0.29, 0.717) is 49.3 Å². The summed E-state index contributed by atoms with van der Waals surface area (Å²) in [6, 6.07) is 6.47. The first-order valence-corrected chi connectivity index (χ1v) is 10.8. The lowest BCUT2D eigenvalue weighted by atomic mass is 10.1. The van der Waals surface area contributed by atoms with Gasteiger partial charge in [0.25, 0.3) is 5.91 Å². The molecule has 1 aliphatic heterocycles. The minimum Gasteiger partial charge on any atom is -0.486 e. The number of anilines is 1. The highest BCUT2D eigenvalue weighted by Crippen LogP contribution is 2.33. The van der Waals surface area contributed by atoms with Gasteiger partial charge in [0.15, 0.2) is 0 Å². The number of alkyl halides is 3. The van der Waals surface area contributed by atoms with E-state index in [-0.39, 0.29) is 17.5 Å². The molecule has 0 bridgehead atoms. The van der Waals surface area contributed by atoms with E-state index < -0.39 is 23.4 Å². The molecule has 0 unspecified atom stereocenters. The van der Waals surface area contributed by atoms with Gasteiger partial charge in [-0.1, -0.05) is 6.07 Å². The molecule has 3 aromatic rings. The number of aliphatic hydroxyl groups is 1. The van der Waals surface area contributed by atoms with Crippen molar-refractivity contribution in [3.05, 3.63) is 47.9 Å². The Hall–Kier alpha value is -3.18. The normalized spacial score (nSPS) is 16.7. The van der Waals surface area contributed by atoms with Crippen LogP contribution in [-0.4, -0.2) is 50.7 Å². The summed E-state index contributed by atoms with van der Waals surface area (Å²) in [5.41, 5.74) is -1.48. The highest BCUT2D eigenvalue weighted by Gasteiger charge is 2.33. The fourth-order valence-corrected chi connectivity index (χ4v) is 3.49. The second kappa shape index (κ2) is 9.22. The molecule has 0 radical (unpaired) electrons. The van der Waals surface area contributed by atoms with Crippen molar-refractivity contribution < 1.29 is 32.5 Å². The predicted octanol–water partition coefficient (Wildman–Crippen LogP) is 4.03. The molecule has 0 saturated carbocycles. The van der Waals surface area contributed by atoms with Gasteiger partial charge in [0, 0.05) is 30.6 Å². The Labute approximate surface area is 193 Å². The van der Waals surface area contributed by atoms with E-state index >= 15 is 0 Å². The van der Waals surface area contributed by atoms with Crippen LogP contribution in [0.25, 0.3) is 10.9 Å². The Morgan fingerprint density at radius 3 is 2.79 bits per heavy atom. The van der Waals surface area contributed by atoms with Gasteiger partial charge in [0.1, 0.15) is 23.2 Å². The third kappa shape index (κ3) is 5.84. The lowest BCUT2D eigenvalue weighted by molar-refractivity contribution is -0.141. The molecule has 0 aliphatic carbocycles. The van der Waals surface area contributed by atoms with Gasteiger partial charge in [0.05, 0.1) is 30.0 Å². The number of fused-ring (bicyclic) bond motifs is 1. The number of ether oxygens (including phenoxy) is 2. The number of aromatic nitrogens is 3. The summed E-state index contributed by atoms with van der Waals surface area (Å²) >= 11 is 0. The molecule has 1 aromatic carbocycles. The summed E-state index contributed by atoms with van der Waals surface area (Å²) in [4.78, 5) is 16.2. The number of carbonyl (C=O) groups is 1. The van der Waals surface area contributed by atoms with Crippen molar-refractivity contribution in [2.75, 3.05) is 18.5 Å². The summed E-state index contributed by atoms with van der Waals surface area (Å²) < 4.78 is 52.1. The average molecular weight is 478 g/mol. The van der Waals surface area contributed by atoms with Crippen LogP contribution in [0.2, 0.25) is 0 Å². The predicted molar refractivity (Wildman–Crippen MR) is 118 cm³/mol. The van der Waals surface area contributed by atoms with Crippen LogP contribution in [0.5, 0.6) is 5.75 Å². The van der Waals surface area contributed by atoms with Gasteiger partial charge in [-0.25, -0.2) is 4.98 Å². The number of rotatable bonds is 7. The fraction of sp³-hybridized carbons (Fsp3) is 0.435. The van der Waals surface area contributed by atoms with Crippen molar-refractivity contribution in [2.45, 2.75) is 51.1 Å². The first-order chi connectivity index (χ1) is 16.0. The summed E-state index contributed by atoms with van der Waals surface area (Å²) in [6.45, 7) is 4.83. The van der Waals surface area contributed by atoms with Gasteiger partial charge in [-0.3, -0.25) is 9.48 Å². The van der Waals surface area contributed by atoms with Gasteiger partial charge >= 0.3 is 6.18 Å². The van der Waals surface area contributed by atoms with E-state index in [4.69, 9.17) is 9.47 Å².